The number of rotatable bonds is 3. The van der Waals surface area contributed by atoms with E-state index in [9.17, 15) is 4.79 Å². The molecule has 7 heteroatoms. The number of carbonyl (C=O) groups excluding carboxylic acids is 1. The van der Waals surface area contributed by atoms with Crippen LogP contribution in [0.25, 0.3) is 6.08 Å². The number of hydrogen-bond acceptors (Lipinski definition) is 5. The third kappa shape index (κ3) is 4.43. The van der Waals surface area contributed by atoms with E-state index in [0.717, 1.165) is 33.6 Å². The van der Waals surface area contributed by atoms with Crippen molar-refractivity contribution in [3.63, 3.8) is 0 Å². The predicted octanol–water partition coefficient (Wildman–Crippen LogP) is 7.11. The SMILES string of the molecule is Cc1cc(C)cc(N=C2SC(=Cc3cc4c(cc3Cl)OCO4)C(=O)N2c2cc(C)cc(C)c2)c1. The van der Waals surface area contributed by atoms with Gasteiger partial charge < -0.3 is 9.47 Å². The second kappa shape index (κ2) is 8.85. The Hall–Kier alpha value is -3.22. The fourth-order valence-corrected chi connectivity index (χ4v) is 5.37. The Bertz CT molecular complexity index is 1360. The fourth-order valence-electron chi connectivity index (χ4n) is 4.17. The fraction of sp³-hybridized carbons (Fsp3) is 0.185. The molecule has 34 heavy (non-hydrogen) atoms. The first-order chi connectivity index (χ1) is 16.3. The van der Waals surface area contributed by atoms with Crippen molar-refractivity contribution in [1.82, 2.24) is 0 Å². The standard InChI is InChI=1S/C27H23ClN2O3S/c1-15-5-16(2)8-20(7-15)29-27-30(21-9-17(3)6-18(4)10-21)26(31)25(34-27)12-19-11-23-24(13-22(19)28)33-14-32-23/h5-13H,14H2,1-4H3. The Labute approximate surface area is 208 Å². The molecule has 0 N–H and O–H groups in total. The van der Waals surface area contributed by atoms with Gasteiger partial charge >= 0.3 is 0 Å². The predicted molar refractivity (Wildman–Crippen MR) is 140 cm³/mol. The van der Waals surface area contributed by atoms with E-state index in [1.54, 1.807) is 23.1 Å². The van der Waals surface area contributed by atoms with Crippen molar-refractivity contribution in [2.75, 3.05) is 11.7 Å². The number of aliphatic imine (C=N–C) groups is 1. The maximum atomic E-state index is 13.7. The van der Waals surface area contributed by atoms with Gasteiger partial charge in [0.25, 0.3) is 5.91 Å². The van der Waals surface area contributed by atoms with Crippen molar-refractivity contribution in [3.05, 3.63) is 86.3 Å². The van der Waals surface area contributed by atoms with Crippen molar-refractivity contribution in [3.8, 4) is 11.5 Å². The van der Waals surface area contributed by atoms with Crippen LogP contribution in [0.15, 0.2) is 58.4 Å². The summed E-state index contributed by atoms with van der Waals surface area (Å²) in [5.74, 6) is 1.07. The molecule has 1 saturated heterocycles. The van der Waals surface area contributed by atoms with E-state index in [0.29, 0.717) is 32.2 Å². The van der Waals surface area contributed by atoms with Crippen molar-refractivity contribution in [2.45, 2.75) is 27.7 Å². The molecule has 0 bridgehead atoms. The summed E-state index contributed by atoms with van der Waals surface area (Å²) in [4.78, 5) is 20.8. The highest BCUT2D eigenvalue weighted by Gasteiger charge is 2.35. The molecule has 2 aliphatic rings. The number of benzene rings is 3. The molecule has 172 valence electrons. The quantitative estimate of drug-likeness (QED) is 0.367. The number of carbonyl (C=O) groups is 1. The molecule has 0 spiro atoms. The molecule has 0 atom stereocenters. The number of halogens is 1. The molecule has 5 nitrogen and oxygen atoms in total. The number of fused-ring (bicyclic) bond motifs is 1. The maximum Gasteiger partial charge on any atom is 0.271 e. The van der Waals surface area contributed by atoms with Gasteiger partial charge in [0.15, 0.2) is 16.7 Å². The molecule has 2 heterocycles. The molecule has 3 aromatic rings. The van der Waals surface area contributed by atoms with Crippen LogP contribution in [0, 0.1) is 27.7 Å². The van der Waals surface area contributed by atoms with Gasteiger partial charge in [-0.15, -0.1) is 0 Å². The van der Waals surface area contributed by atoms with E-state index in [1.807, 2.05) is 52.0 Å². The van der Waals surface area contributed by atoms with Gasteiger partial charge in [-0.2, -0.15) is 0 Å². The Morgan fingerprint density at radius 3 is 2.12 bits per heavy atom. The summed E-state index contributed by atoms with van der Waals surface area (Å²) >= 11 is 7.82. The number of hydrogen-bond donors (Lipinski definition) is 0. The van der Waals surface area contributed by atoms with Gasteiger partial charge in [-0.05, 0) is 104 Å². The second-order valence-electron chi connectivity index (χ2n) is 8.56. The van der Waals surface area contributed by atoms with Gasteiger partial charge in [0, 0.05) is 6.07 Å². The molecule has 1 amide bonds. The smallest absolute Gasteiger partial charge is 0.271 e. The lowest BCUT2D eigenvalue weighted by atomic mass is 10.1. The van der Waals surface area contributed by atoms with E-state index >= 15 is 0 Å². The number of amides is 1. The third-order valence-electron chi connectivity index (χ3n) is 5.48. The average Bonchev–Trinajstić information content (AvgIpc) is 3.30. The summed E-state index contributed by atoms with van der Waals surface area (Å²) in [5.41, 5.74) is 6.69. The number of nitrogens with zero attached hydrogens (tertiary/aromatic N) is 2. The number of thioether (sulfide) groups is 1. The summed E-state index contributed by atoms with van der Waals surface area (Å²) in [6.45, 7) is 8.28. The van der Waals surface area contributed by atoms with Gasteiger partial charge in [0.1, 0.15) is 0 Å². The van der Waals surface area contributed by atoms with Gasteiger partial charge in [0.05, 0.1) is 21.3 Å². The summed E-state index contributed by atoms with van der Waals surface area (Å²) < 4.78 is 10.9. The number of amidine groups is 1. The Morgan fingerprint density at radius 1 is 0.882 bits per heavy atom. The van der Waals surface area contributed by atoms with Crippen molar-refractivity contribution >= 4 is 51.9 Å². The lowest BCUT2D eigenvalue weighted by Gasteiger charge is -2.17. The summed E-state index contributed by atoms with van der Waals surface area (Å²) in [6.07, 6.45) is 1.79. The van der Waals surface area contributed by atoms with Crippen LogP contribution < -0.4 is 14.4 Å². The first-order valence-electron chi connectivity index (χ1n) is 10.9. The molecule has 0 aliphatic carbocycles. The lowest BCUT2D eigenvalue weighted by molar-refractivity contribution is -0.113. The molecule has 2 aliphatic heterocycles. The highest BCUT2D eigenvalue weighted by molar-refractivity contribution is 8.19. The molecule has 0 unspecified atom stereocenters. The van der Waals surface area contributed by atoms with E-state index in [-0.39, 0.29) is 12.7 Å². The van der Waals surface area contributed by atoms with Crippen molar-refractivity contribution < 1.29 is 14.3 Å². The van der Waals surface area contributed by atoms with Gasteiger partial charge in [-0.25, -0.2) is 4.99 Å². The number of aryl methyl sites for hydroxylation is 4. The van der Waals surface area contributed by atoms with Crippen LogP contribution in [0.1, 0.15) is 27.8 Å². The lowest BCUT2D eigenvalue weighted by Crippen LogP contribution is -2.28. The van der Waals surface area contributed by atoms with Gasteiger partial charge in [-0.1, -0.05) is 23.7 Å². The second-order valence-corrected chi connectivity index (χ2v) is 9.98. The van der Waals surface area contributed by atoms with E-state index in [1.165, 1.54) is 11.8 Å². The Morgan fingerprint density at radius 2 is 1.47 bits per heavy atom. The van der Waals surface area contributed by atoms with E-state index in [2.05, 4.69) is 12.1 Å². The van der Waals surface area contributed by atoms with Crippen LogP contribution in [-0.4, -0.2) is 17.9 Å². The van der Waals surface area contributed by atoms with Crippen molar-refractivity contribution in [1.29, 1.82) is 0 Å². The largest absolute Gasteiger partial charge is 0.454 e. The minimum Gasteiger partial charge on any atom is -0.454 e. The van der Waals surface area contributed by atoms with Crippen LogP contribution in [0.2, 0.25) is 5.02 Å². The van der Waals surface area contributed by atoms with Crippen LogP contribution in [0.5, 0.6) is 11.5 Å². The molecular weight excluding hydrogens is 468 g/mol. The molecule has 3 aromatic carbocycles. The van der Waals surface area contributed by atoms with Crippen molar-refractivity contribution in [2.24, 2.45) is 4.99 Å². The van der Waals surface area contributed by atoms with Crippen LogP contribution in [0.4, 0.5) is 11.4 Å². The molecule has 0 radical (unpaired) electrons. The highest BCUT2D eigenvalue weighted by Crippen LogP contribution is 2.41. The third-order valence-corrected chi connectivity index (χ3v) is 6.78. The zero-order valence-corrected chi connectivity index (χ0v) is 20.9. The van der Waals surface area contributed by atoms with E-state index < -0.39 is 0 Å². The first-order valence-corrected chi connectivity index (χ1v) is 12.0. The summed E-state index contributed by atoms with van der Waals surface area (Å²) in [6, 6.07) is 15.7. The molecular formula is C27H23ClN2O3S. The van der Waals surface area contributed by atoms with E-state index in [4.69, 9.17) is 26.1 Å². The normalized spacial score (nSPS) is 17.3. The van der Waals surface area contributed by atoms with Crippen LogP contribution >= 0.6 is 23.4 Å². The topological polar surface area (TPSA) is 51.1 Å². The Kier molecular flexibility index (Phi) is 5.88. The summed E-state index contributed by atoms with van der Waals surface area (Å²) in [5, 5.41) is 1.09. The molecule has 1 fully saturated rings. The zero-order valence-electron chi connectivity index (χ0n) is 19.3. The van der Waals surface area contributed by atoms with Crippen LogP contribution in [-0.2, 0) is 4.79 Å². The molecule has 5 rings (SSSR count). The number of anilines is 1. The average molecular weight is 491 g/mol. The van der Waals surface area contributed by atoms with Gasteiger partial charge in [-0.3, -0.25) is 9.69 Å². The summed E-state index contributed by atoms with van der Waals surface area (Å²) in [7, 11) is 0. The first kappa shape index (κ1) is 22.6. The van der Waals surface area contributed by atoms with Gasteiger partial charge in [0.2, 0.25) is 6.79 Å². The number of ether oxygens (including phenoxy) is 2. The maximum absolute atomic E-state index is 13.7. The highest BCUT2D eigenvalue weighted by atomic mass is 35.5. The minimum atomic E-state index is -0.146. The van der Waals surface area contributed by atoms with Crippen LogP contribution in [0.3, 0.4) is 0 Å². The zero-order chi connectivity index (χ0) is 24.0. The molecule has 0 saturated carbocycles. The monoisotopic (exact) mass is 490 g/mol. The molecule has 0 aromatic heterocycles. The Balaban J connectivity index is 1.61. The minimum absolute atomic E-state index is 0.146.